The summed E-state index contributed by atoms with van der Waals surface area (Å²) in [4.78, 5) is 23.9. The van der Waals surface area contributed by atoms with Crippen LogP contribution in [0.1, 0.15) is 31.9 Å². The zero-order chi connectivity index (χ0) is 18.0. The van der Waals surface area contributed by atoms with Crippen LogP contribution in [0.5, 0.6) is 0 Å². The van der Waals surface area contributed by atoms with Gasteiger partial charge in [0.25, 0.3) is 5.69 Å². The van der Waals surface area contributed by atoms with Crippen molar-refractivity contribution in [2.45, 2.75) is 20.3 Å². The normalized spacial score (nSPS) is 10.6. The predicted octanol–water partition coefficient (Wildman–Crippen LogP) is 5.34. The number of benzene rings is 2. The summed E-state index contributed by atoms with van der Waals surface area (Å²) in [5, 5.41) is 11.8. The van der Waals surface area contributed by atoms with Gasteiger partial charge in [-0.15, -0.1) is 11.3 Å². The van der Waals surface area contributed by atoms with E-state index in [4.69, 9.17) is 0 Å². The molecule has 2 aromatic carbocycles. The summed E-state index contributed by atoms with van der Waals surface area (Å²) in [6.45, 7) is 3.99. The van der Waals surface area contributed by atoms with Crippen molar-refractivity contribution in [1.82, 2.24) is 0 Å². The monoisotopic (exact) mass is 351 g/mol. The number of aryl methyl sites for hydroxylation is 2. The molecule has 0 radical (unpaired) electrons. The third-order valence-corrected chi connectivity index (χ3v) is 5.19. The van der Waals surface area contributed by atoms with E-state index in [1.54, 1.807) is 0 Å². The molecular weight excluding hydrogens is 334 g/mol. The fourth-order valence-corrected chi connectivity index (χ4v) is 4.20. The molecule has 0 unspecified atom stereocenters. The van der Waals surface area contributed by atoms with Crippen molar-refractivity contribution < 1.29 is 9.72 Å². The van der Waals surface area contributed by atoms with Crippen LogP contribution in [0.25, 0.3) is 10.4 Å². The summed E-state index contributed by atoms with van der Waals surface area (Å²) in [5.74, 6) is 0. The molecule has 126 valence electrons. The van der Waals surface area contributed by atoms with Crippen molar-refractivity contribution in [3.05, 3.63) is 85.8 Å². The zero-order valence-corrected chi connectivity index (χ0v) is 14.8. The van der Waals surface area contributed by atoms with E-state index >= 15 is 0 Å². The second-order valence-electron chi connectivity index (χ2n) is 6.04. The molecule has 1 heterocycles. The van der Waals surface area contributed by atoms with Gasteiger partial charge in [0, 0.05) is 6.42 Å². The first-order valence-corrected chi connectivity index (χ1v) is 8.69. The van der Waals surface area contributed by atoms with Crippen molar-refractivity contribution in [1.29, 1.82) is 0 Å². The Labute approximate surface area is 149 Å². The molecule has 0 spiro atoms. The van der Waals surface area contributed by atoms with Gasteiger partial charge in [-0.1, -0.05) is 59.7 Å². The molecule has 0 bridgehead atoms. The lowest BCUT2D eigenvalue weighted by molar-refractivity contribution is -0.384. The van der Waals surface area contributed by atoms with Crippen molar-refractivity contribution in [2.24, 2.45) is 0 Å². The Morgan fingerprint density at radius 2 is 1.72 bits per heavy atom. The van der Waals surface area contributed by atoms with Gasteiger partial charge in [-0.05, 0) is 25.0 Å². The molecule has 0 fully saturated rings. The Morgan fingerprint density at radius 1 is 1.08 bits per heavy atom. The maximum absolute atomic E-state index is 11.8. The van der Waals surface area contributed by atoms with Gasteiger partial charge in [0.05, 0.1) is 15.4 Å². The third kappa shape index (κ3) is 3.51. The molecule has 0 saturated heterocycles. The lowest BCUT2D eigenvalue weighted by Crippen LogP contribution is -1.98. The van der Waals surface area contributed by atoms with Gasteiger partial charge in [-0.25, -0.2) is 0 Å². The minimum Gasteiger partial charge on any atom is -0.297 e. The summed E-state index contributed by atoms with van der Waals surface area (Å²) >= 11 is 1.19. The summed E-state index contributed by atoms with van der Waals surface area (Å²) in [6, 6.07) is 15.3. The fourth-order valence-electron chi connectivity index (χ4n) is 3.09. The SMILES string of the molecule is Cc1cc(C)cc(Cc2c(C=O)sc(-c3ccccc3)c2[N+](=O)[O-])c1. The zero-order valence-electron chi connectivity index (χ0n) is 14.0. The Balaban J connectivity index is 2.16. The smallest absolute Gasteiger partial charge is 0.292 e. The molecular formula is C20H17NO3S. The van der Waals surface area contributed by atoms with Crippen LogP contribution < -0.4 is 0 Å². The van der Waals surface area contributed by atoms with Crippen molar-refractivity contribution in [3.8, 4) is 10.4 Å². The number of hydrogen-bond acceptors (Lipinski definition) is 4. The van der Waals surface area contributed by atoms with E-state index < -0.39 is 0 Å². The number of hydrogen-bond donors (Lipinski definition) is 0. The summed E-state index contributed by atoms with van der Waals surface area (Å²) < 4.78 is 0. The molecule has 3 rings (SSSR count). The summed E-state index contributed by atoms with van der Waals surface area (Å²) in [7, 11) is 0. The Kier molecular flexibility index (Phi) is 4.76. The third-order valence-electron chi connectivity index (χ3n) is 4.00. The van der Waals surface area contributed by atoms with Crippen molar-refractivity contribution >= 4 is 23.3 Å². The first-order chi connectivity index (χ1) is 12.0. The molecule has 3 aromatic rings. The van der Waals surface area contributed by atoms with Gasteiger partial charge in [0.1, 0.15) is 4.88 Å². The molecule has 0 N–H and O–H groups in total. The maximum Gasteiger partial charge on any atom is 0.292 e. The minimum atomic E-state index is -0.371. The first-order valence-electron chi connectivity index (χ1n) is 7.87. The second-order valence-corrected chi connectivity index (χ2v) is 7.09. The van der Waals surface area contributed by atoms with E-state index in [9.17, 15) is 14.9 Å². The Bertz CT molecular complexity index is 925. The fraction of sp³-hybridized carbons (Fsp3) is 0.150. The summed E-state index contributed by atoms with van der Waals surface area (Å²) in [6.07, 6.45) is 1.10. The number of rotatable bonds is 5. The number of nitro groups is 1. The van der Waals surface area contributed by atoms with Gasteiger partial charge in [0.15, 0.2) is 6.29 Å². The highest BCUT2D eigenvalue weighted by Crippen LogP contribution is 2.42. The molecule has 0 saturated carbocycles. The average molecular weight is 351 g/mol. The standard InChI is InChI=1S/C20H17NO3S/c1-13-8-14(2)10-15(9-13)11-17-18(12-22)25-20(19(17)21(23)24)16-6-4-3-5-7-16/h3-10,12H,11H2,1-2H3. The second kappa shape index (κ2) is 6.99. The van der Waals surface area contributed by atoms with E-state index in [2.05, 4.69) is 6.07 Å². The number of carbonyl (C=O) groups is 1. The highest BCUT2D eigenvalue weighted by Gasteiger charge is 2.28. The lowest BCUT2D eigenvalue weighted by Gasteiger charge is -2.05. The van der Waals surface area contributed by atoms with Crippen LogP contribution in [0.3, 0.4) is 0 Å². The Morgan fingerprint density at radius 3 is 2.28 bits per heavy atom. The predicted molar refractivity (Wildman–Crippen MR) is 101 cm³/mol. The maximum atomic E-state index is 11.8. The minimum absolute atomic E-state index is 0.0393. The van der Waals surface area contributed by atoms with Gasteiger partial charge in [-0.2, -0.15) is 0 Å². The number of carbonyl (C=O) groups excluding carboxylic acids is 1. The van der Waals surface area contributed by atoms with E-state index in [-0.39, 0.29) is 10.6 Å². The lowest BCUT2D eigenvalue weighted by atomic mass is 9.99. The molecule has 25 heavy (non-hydrogen) atoms. The molecule has 0 atom stereocenters. The molecule has 0 aliphatic rings. The quantitative estimate of drug-likeness (QED) is 0.354. The molecule has 5 heteroatoms. The van der Waals surface area contributed by atoms with Crippen LogP contribution in [-0.2, 0) is 6.42 Å². The highest BCUT2D eigenvalue weighted by atomic mass is 32.1. The molecule has 0 aliphatic carbocycles. The van der Waals surface area contributed by atoms with Crippen LogP contribution in [0.2, 0.25) is 0 Å². The van der Waals surface area contributed by atoms with E-state index in [0.717, 1.165) is 28.5 Å². The first kappa shape index (κ1) is 17.0. The molecule has 1 aromatic heterocycles. The highest BCUT2D eigenvalue weighted by molar-refractivity contribution is 7.17. The summed E-state index contributed by atoms with van der Waals surface area (Å²) in [5.41, 5.74) is 4.47. The van der Waals surface area contributed by atoms with E-state index in [0.29, 0.717) is 21.7 Å². The topological polar surface area (TPSA) is 60.2 Å². The van der Waals surface area contributed by atoms with Crippen LogP contribution in [0.15, 0.2) is 48.5 Å². The largest absolute Gasteiger partial charge is 0.297 e. The average Bonchev–Trinajstić information content (AvgIpc) is 2.93. The van der Waals surface area contributed by atoms with Crippen LogP contribution >= 0.6 is 11.3 Å². The van der Waals surface area contributed by atoms with Crippen molar-refractivity contribution in [2.75, 3.05) is 0 Å². The van der Waals surface area contributed by atoms with E-state index in [1.807, 2.05) is 56.3 Å². The van der Waals surface area contributed by atoms with Gasteiger partial charge < -0.3 is 0 Å². The molecule has 0 amide bonds. The van der Waals surface area contributed by atoms with Gasteiger partial charge >= 0.3 is 0 Å². The number of aldehydes is 1. The Hall–Kier alpha value is -2.79. The van der Waals surface area contributed by atoms with Gasteiger partial charge in [-0.3, -0.25) is 14.9 Å². The van der Waals surface area contributed by atoms with E-state index in [1.165, 1.54) is 11.3 Å². The van der Waals surface area contributed by atoms with Crippen LogP contribution in [-0.4, -0.2) is 11.2 Å². The van der Waals surface area contributed by atoms with Crippen LogP contribution in [0, 0.1) is 24.0 Å². The number of thiophene rings is 1. The molecule has 4 nitrogen and oxygen atoms in total. The van der Waals surface area contributed by atoms with Crippen molar-refractivity contribution in [3.63, 3.8) is 0 Å². The van der Waals surface area contributed by atoms with Gasteiger partial charge in [0.2, 0.25) is 0 Å². The van der Waals surface area contributed by atoms with Crippen LogP contribution in [0.4, 0.5) is 5.69 Å². The number of nitrogens with zero attached hydrogens (tertiary/aromatic N) is 1. The molecule has 0 aliphatic heterocycles.